The maximum absolute atomic E-state index is 4.56. The molecule has 1 aliphatic rings. The Morgan fingerprint density at radius 3 is 2.65 bits per heavy atom. The van der Waals surface area contributed by atoms with Crippen LogP contribution in [0.2, 0.25) is 0 Å². The zero-order valence-corrected chi connectivity index (χ0v) is 14.5. The van der Waals surface area contributed by atoms with Crippen LogP contribution in [0.25, 0.3) is 17.1 Å². The number of aryl methyl sites for hydroxylation is 2. The van der Waals surface area contributed by atoms with Crippen molar-refractivity contribution in [1.82, 2.24) is 19.9 Å². The molecule has 23 heavy (non-hydrogen) atoms. The largest absolute Gasteiger partial charge is 0.368 e. The topological polar surface area (TPSA) is 44.8 Å². The van der Waals surface area contributed by atoms with Gasteiger partial charge in [0.25, 0.3) is 0 Å². The number of nitrogens with one attached hydrogen (secondary N) is 1. The quantitative estimate of drug-likeness (QED) is 0.908. The third-order valence-corrected chi connectivity index (χ3v) is 4.27. The van der Waals surface area contributed by atoms with E-state index < -0.39 is 0 Å². The first-order valence-corrected chi connectivity index (χ1v) is 7.99. The van der Waals surface area contributed by atoms with E-state index in [1.807, 2.05) is 20.0 Å². The van der Waals surface area contributed by atoms with Crippen LogP contribution in [-0.2, 0) is 0 Å². The molecule has 0 aromatic carbocycles. The van der Waals surface area contributed by atoms with Crippen molar-refractivity contribution in [3.63, 3.8) is 0 Å². The molecular weight excluding hydrogens is 284 g/mol. The van der Waals surface area contributed by atoms with E-state index in [2.05, 4.69) is 71.1 Å². The highest BCUT2D eigenvalue weighted by molar-refractivity contribution is 5.72. The van der Waals surface area contributed by atoms with Crippen molar-refractivity contribution in [2.45, 2.75) is 40.2 Å². The number of hydrogen-bond acceptors (Lipinski definition) is 3. The molecule has 0 unspecified atom stereocenters. The zero-order chi connectivity index (χ0) is 16.6. The van der Waals surface area contributed by atoms with Gasteiger partial charge in [0.1, 0.15) is 5.69 Å². The summed E-state index contributed by atoms with van der Waals surface area (Å²) in [4.78, 5) is 14.7. The van der Waals surface area contributed by atoms with E-state index in [-0.39, 0.29) is 5.54 Å². The van der Waals surface area contributed by atoms with E-state index in [1.54, 1.807) is 0 Å². The maximum atomic E-state index is 4.56. The maximum Gasteiger partial charge on any atom is 0.156 e. The summed E-state index contributed by atoms with van der Waals surface area (Å²) in [6.45, 7) is 11.6. The molecule has 1 N–H and O–H groups in total. The molecule has 1 aliphatic heterocycles. The molecule has 0 spiro atoms. The van der Waals surface area contributed by atoms with Crippen molar-refractivity contribution in [3.05, 3.63) is 53.6 Å². The summed E-state index contributed by atoms with van der Waals surface area (Å²) in [5.74, 6) is 0.835. The van der Waals surface area contributed by atoms with E-state index in [9.17, 15) is 0 Å². The normalized spacial score (nSPS) is 15.0. The lowest BCUT2D eigenvalue weighted by Gasteiger charge is -2.37. The third-order valence-electron chi connectivity index (χ3n) is 4.27. The summed E-state index contributed by atoms with van der Waals surface area (Å²) in [6, 6.07) is 4.18. The van der Waals surface area contributed by atoms with Gasteiger partial charge < -0.3 is 9.88 Å². The molecule has 0 saturated carbocycles. The van der Waals surface area contributed by atoms with Crippen molar-refractivity contribution in [3.8, 4) is 11.5 Å². The number of nitrogens with zero attached hydrogens (tertiary/aromatic N) is 3. The Kier molecular flexibility index (Phi) is 3.84. The van der Waals surface area contributed by atoms with E-state index >= 15 is 0 Å². The highest BCUT2D eigenvalue weighted by Crippen LogP contribution is 2.26. The summed E-state index contributed by atoms with van der Waals surface area (Å²) in [5.41, 5.74) is 5.60. The predicted molar refractivity (Wildman–Crippen MR) is 94.9 cm³/mol. The molecule has 0 amide bonds. The number of hydrogen-bond donors (Lipinski definition) is 1. The fourth-order valence-corrected chi connectivity index (χ4v) is 2.63. The molecule has 0 aliphatic carbocycles. The highest BCUT2D eigenvalue weighted by Gasteiger charge is 2.21. The van der Waals surface area contributed by atoms with Crippen LogP contribution in [0.1, 0.15) is 37.7 Å². The number of H-pyrrole nitrogens is 1. The summed E-state index contributed by atoms with van der Waals surface area (Å²) in [7, 11) is 0. The second kappa shape index (κ2) is 5.69. The van der Waals surface area contributed by atoms with E-state index in [1.165, 1.54) is 11.1 Å². The lowest BCUT2D eigenvalue weighted by atomic mass is 9.99. The van der Waals surface area contributed by atoms with Crippen molar-refractivity contribution in [1.29, 1.82) is 0 Å². The van der Waals surface area contributed by atoms with Crippen molar-refractivity contribution >= 4 is 5.57 Å². The highest BCUT2D eigenvalue weighted by atomic mass is 15.2. The Balaban J connectivity index is 1.91. The van der Waals surface area contributed by atoms with Crippen molar-refractivity contribution in [2.24, 2.45) is 0 Å². The number of imidazole rings is 1. The minimum atomic E-state index is 0.112. The molecule has 2 aromatic heterocycles. The van der Waals surface area contributed by atoms with Gasteiger partial charge in [-0.25, -0.2) is 4.98 Å². The van der Waals surface area contributed by atoms with Gasteiger partial charge in [-0.3, -0.25) is 4.98 Å². The van der Waals surface area contributed by atoms with Crippen LogP contribution in [0.4, 0.5) is 0 Å². The van der Waals surface area contributed by atoms with Crippen LogP contribution >= 0.6 is 0 Å². The van der Waals surface area contributed by atoms with Gasteiger partial charge in [0.2, 0.25) is 0 Å². The van der Waals surface area contributed by atoms with Gasteiger partial charge in [-0.2, -0.15) is 0 Å². The van der Waals surface area contributed by atoms with Crippen LogP contribution in [-0.4, -0.2) is 31.9 Å². The molecule has 4 heteroatoms. The fourth-order valence-electron chi connectivity index (χ4n) is 2.63. The van der Waals surface area contributed by atoms with E-state index in [0.29, 0.717) is 0 Å². The van der Waals surface area contributed by atoms with Crippen LogP contribution in [0.5, 0.6) is 0 Å². The first kappa shape index (κ1) is 15.5. The lowest BCUT2D eigenvalue weighted by molar-refractivity contribution is 0.228. The van der Waals surface area contributed by atoms with Crippen LogP contribution in [0.15, 0.2) is 36.7 Å². The predicted octanol–water partition coefficient (Wildman–Crippen LogP) is 4.10. The van der Waals surface area contributed by atoms with Gasteiger partial charge in [-0.15, -0.1) is 0 Å². The Labute approximate surface area is 138 Å². The molecule has 3 heterocycles. The Morgan fingerprint density at radius 1 is 1.22 bits per heavy atom. The molecule has 3 rings (SSSR count). The van der Waals surface area contributed by atoms with Gasteiger partial charge in [0.05, 0.1) is 5.69 Å². The van der Waals surface area contributed by atoms with Gasteiger partial charge in [0, 0.05) is 24.0 Å². The van der Waals surface area contributed by atoms with Gasteiger partial charge in [-0.05, 0) is 70.2 Å². The van der Waals surface area contributed by atoms with Crippen LogP contribution < -0.4 is 0 Å². The van der Waals surface area contributed by atoms with Gasteiger partial charge in [0.15, 0.2) is 5.82 Å². The molecular formula is C19H24N4. The second-order valence-corrected chi connectivity index (χ2v) is 7.06. The average Bonchev–Trinajstić information content (AvgIpc) is 2.86. The summed E-state index contributed by atoms with van der Waals surface area (Å²) in [5, 5.41) is 0. The third kappa shape index (κ3) is 3.21. The van der Waals surface area contributed by atoms with Crippen molar-refractivity contribution < 1.29 is 0 Å². The Morgan fingerprint density at radius 2 is 2.00 bits per heavy atom. The van der Waals surface area contributed by atoms with Gasteiger partial charge in [-0.1, -0.05) is 6.08 Å². The molecule has 0 atom stereocenters. The SMILES string of the molecule is Cc1nc(-c2cc(C3=CC=CN(C(C)(C)C)C3)ccn2)[nH]c1C. The Hall–Kier alpha value is -2.36. The molecule has 0 radical (unpaired) electrons. The smallest absolute Gasteiger partial charge is 0.156 e. The van der Waals surface area contributed by atoms with Gasteiger partial charge >= 0.3 is 0 Å². The number of rotatable bonds is 2. The summed E-state index contributed by atoms with van der Waals surface area (Å²) >= 11 is 0. The Bertz CT molecular complexity index is 755. The number of allylic oxidation sites excluding steroid dienone is 2. The average molecular weight is 308 g/mol. The summed E-state index contributed by atoms with van der Waals surface area (Å²) in [6.07, 6.45) is 8.31. The zero-order valence-electron chi connectivity index (χ0n) is 14.5. The van der Waals surface area contributed by atoms with E-state index in [0.717, 1.165) is 29.5 Å². The monoisotopic (exact) mass is 308 g/mol. The fraction of sp³-hybridized carbons (Fsp3) is 0.368. The molecule has 0 bridgehead atoms. The second-order valence-electron chi connectivity index (χ2n) is 7.06. The number of aromatic amines is 1. The first-order chi connectivity index (χ1) is 10.8. The molecule has 4 nitrogen and oxygen atoms in total. The van der Waals surface area contributed by atoms with Crippen LogP contribution in [0, 0.1) is 13.8 Å². The molecule has 2 aromatic rings. The number of pyridine rings is 1. The first-order valence-electron chi connectivity index (χ1n) is 7.99. The number of aromatic nitrogens is 3. The minimum absolute atomic E-state index is 0.112. The van der Waals surface area contributed by atoms with Crippen LogP contribution in [0.3, 0.4) is 0 Å². The lowest BCUT2D eigenvalue weighted by Crippen LogP contribution is -2.39. The minimum Gasteiger partial charge on any atom is -0.368 e. The van der Waals surface area contributed by atoms with E-state index in [4.69, 9.17) is 0 Å². The van der Waals surface area contributed by atoms with Crippen molar-refractivity contribution in [2.75, 3.05) is 6.54 Å². The molecule has 0 fully saturated rings. The summed E-state index contributed by atoms with van der Waals surface area (Å²) < 4.78 is 0. The molecule has 0 saturated heterocycles. The standard InChI is InChI=1S/C19H24N4/c1-13-14(2)22-18(21-13)17-11-15(8-9-20-17)16-7-6-10-23(12-16)19(3,4)5/h6-11H,12H2,1-5H3,(H,21,22). The molecule has 120 valence electrons.